The molecule has 0 aromatic carbocycles. The van der Waals surface area contributed by atoms with E-state index in [-0.39, 0.29) is 6.61 Å². The van der Waals surface area contributed by atoms with Crippen LogP contribution < -0.4 is 10.2 Å². The van der Waals surface area contributed by atoms with E-state index >= 15 is 0 Å². The first kappa shape index (κ1) is 17.7. The summed E-state index contributed by atoms with van der Waals surface area (Å²) < 4.78 is 0. The maximum absolute atomic E-state index is 8.95. The van der Waals surface area contributed by atoms with E-state index in [0.29, 0.717) is 0 Å². The van der Waals surface area contributed by atoms with Gasteiger partial charge in [-0.15, -0.1) is 0 Å². The molecule has 0 atom stereocenters. The van der Waals surface area contributed by atoms with Gasteiger partial charge in [-0.05, 0) is 13.8 Å². The van der Waals surface area contributed by atoms with Crippen LogP contribution in [0.25, 0.3) is 0 Å². The summed E-state index contributed by atoms with van der Waals surface area (Å²) >= 11 is 0. The molecular formula is C15H29N5O. The minimum atomic E-state index is 0.233. The number of piperazine rings is 1. The van der Waals surface area contributed by atoms with Crippen LogP contribution in [0.4, 0.5) is 11.6 Å². The third kappa shape index (κ3) is 5.47. The van der Waals surface area contributed by atoms with Crippen molar-refractivity contribution in [1.82, 2.24) is 14.9 Å². The van der Waals surface area contributed by atoms with Gasteiger partial charge in [-0.1, -0.05) is 13.8 Å². The zero-order chi connectivity index (χ0) is 15.7. The first-order valence-corrected chi connectivity index (χ1v) is 7.90. The van der Waals surface area contributed by atoms with E-state index in [0.717, 1.165) is 56.7 Å². The zero-order valence-electron chi connectivity index (χ0n) is 13.8. The summed E-state index contributed by atoms with van der Waals surface area (Å²) in [6.07, 6.45) is 0. The average Bonchev–Trinajstić information content (AvgIpc) is 2.50. The molecule has 6 heteroatoms. The number of rotatable bonds is 5. The molecule has 0 radical (unpaired) electrons. The van der Waals surface area contributed by atoms with Crippen molar-refractivity contribution in [3.05, 3.63) is 11.9 Å². The summed E-state index contributed by atoms with van der Waals surface area (Å²) in [5, 5.41) is 12.2. The summed E-state index contributed by atoms with van der Waals surface area (Å²) in [6.45, 7) is 13.7. The summed E-state index contributed by atoms with van der Waals surface area (Å²) in [7, 11) is 0. The van der Waals surface area contributed by atoms with Crippen LogP contribution in [-0.4, -0.2) is 65.8 Å². The Morgan fingerprint density at radius 2 is 1.86 bits per heavy atom. The molecule has 2 N–H and O–H groups in total. The second kappa shape index (κ2) is 9.52. The summed E-state index contributed by atoms with van der Waals surface area (Å²) in [5.74, 6) is 2.68. The molecule has 1 aliphatic rings. The molecule has 2 rings (SSSR count). The monoisotopic (exact) mass is 295 g/mol. The van der Waals surface area contributed by atoms with Gasteiger partial charge in [-0.2, -0.15) is 0 Å². The Kier molecular flexibility index (Phi) is 8.00. The Bertz CT molecular complexity index is 405. The van der Waals surface area contributed by atoms with Crippen molar-refractivity contribution in [3.8, 4) is 0 Å². The average molecular weight is 295 g/mol. The smallest absolute Gasteiger partial charge is 0.134 e. The first-order valence-electron chi connectivity index (χ1n) is 7.90. The molecule has 0 bridgehead atoms. The molecule has 120 valence electrons. The molecule has 0 aliphatic carbocycles. The lowest BCUT2D eigenvalue weighted by Crippen LogP contribution is -2.47. The minimum absolute atomic E-state index is 0.233. The van der Waals surface area contributed by atoms with Crippen LogP contribution >= 0.6 is 0 Å². The van der Waals surface area contributed by atoms with Crippen LogP contribution in [0.5, 0.6) is 0 Å². The van der Waals surface area contributed by atoms with Gasteiger partial charge in [0, 0.05) is 45.3 Å². The van der Waals surface area contributed by atoms with Crippen molar-refractivity contribution in [1.29, 1.82) is 0 Å². The number of anilines is 2. The number of β-amino-alcohol motifs (C(OH)–C–C–N with tert-alkyl or cyclic N) is 1. The van der Waals surface area contributed by atoms with E-state index in [1.54, 1.807) is 0 Å². The molecule has 2 heterocycles. The number of nitrogens with one attached hydrogen (secondary N) is 1. The molecule has 0 amide bonds. The summed E-state index contributed by atoms with van der Waals surface area (Å²) in [4.78, 5) is 13.4. The van der Waals surface area contributed by atoms with Crippen LogP contribution in [0.2, 0.25) is 0 Å². The summed E-state index contributed by atoms with van der Waals surface area (Å²) in [5.41, 5.74) is 0. The number of aliphatic hydroxyl groups excluding tert-OH is 1. The number of nitrogens with zero attached hydrogens (tertiary/aromatic N) is 4. The summed E-state index contributed by atoms with van der Waals surface area (Å²) in [6, 6.07) is 2.01. The second-order valence-corrected chi connectivity index (χ2v) is 4.74. The quantitative estimate of drug-likeness (QED) is 0.855. The number of aliphatic hydroxyl groups is 1. The first-order chi connectivity index (χ1) is 10.2. The molecule has 1 aromatic rings. The lowest BCUT2D eigenvalue weighted by Gasteiger charge is -2.35. The van der Waals surface area contributed by atoms with Crippen molar-refractivity contribution in [2.45, 2.75) is 27.7 Å². The number of aryl methyl sites for hydroxylation is 1. The van der Waals surface area contributed by atoms with Gasteiger partial charge in [0.15, 0.2) is 0 Å². The lowest BCUT2D eigenvalue weighted by atomic mass is 10.3. The van der Waals surface area contributed by atoms with Crippen LogP contribution in [0.3, 0.4) is 0 Å². The predicted molar refractivity (Wildman–Crippen MR) is 88.0 cm³/mol. The molecule has 1 aromatic heterocycles. The molecule has 0 unspecified atom stereocenters. The Balaban J connectivity index is 0.00000106. The number of hydrogen-bond donors (Lipinski definition) is 2. The molecule has 21 heavy (non-hydrogen) atoms. The Labute approximate surface area is 128 Å². The maximum atomic E-state index is 8.95. The van der Waals surface area contributed by atoms with E-state index in [4.69, 9.17) is 5.11 Å². The normalized spacial score (nSPS) is 15.4. The molecule has 0 saturated carbocycles. The van der Waals surface area contributed by atoms with Gasteiger partial charge in [0.25, 0.3) is 0 Å². The van der Waals surface area contributed by atoms with Gasteiger partial charge in [-0.3, -0.25) is 4.90 Å². The Morgan fingerprint density at radius 1 is 1.19 bits per heavy atom. The van der Waals surface area contributed by atoms with E-state index in [1.165, 1.54) is 0 Å². The number of aromatic nitrogens is 2. The Morgan fingerprint density at radius 3 is 2.43 bits per heavy atom. The standard InChI is InChI=1S/C13H23N5O.C2H6/c1-3-14-12-10-13(16-11(2)15-12)18-6-4-17(5-7-18)8-9-19;1-2/h10,19H,3-9H2,1-2H3,(H,14,15,16);1-2H3. The van der Waals surface area contributed by atoms with Crippen molar-refractivity contribution in [2.24, 2.45) is 0 Å². The SMILES string of the molecule is CC.CCNc1cc(N2CCN(CCO)CC2)nc(C)n1. The fourth-order valence-corrected chi connectivity index (χ4v) is 2.33. The molecule has 1 fully saturated rings. The molecular weight excluding hydrogens is 266 g/mol. The van der Waals surface area contributed by atoms with E-state index in [2.05, 4.69) is 32.0 Å². The van der Waals surface area contributed by atoms with Gasteiger partial charge >= 0.3 is 0 Å². The van der Waals surface area contributed by atoms with Crippen molar-refractivity contribution in [2.75, 3.05) is 56.1 Å². The Hall–Kier alpha value is -1.40. The van der Waals surface area contributed by atoms with E-state index in [1.807, 2.05) is 26.8 Å². The maximum Gasteiger partial charge on any atom is 0.134 e. The molecule has 1 saturated heterocycles. The third-order valence-corrected chi connectivity index (χ3v) is 3.29. The van der Waals surface area contributed by atoms with Gasteiger partial charge in [0.1, 0.15) is 17.5 Å². The number of hydrogen-bond acceptors (Lipinski definition) is 6. The van der Waals surface area contributed by atoms with Crippen molar-refractivity contribution >= 4 is 11.6 Å². The van der Waals surface area contributed by atoms with Crippen molar-refractivity contribution in [3.63, 3.8) is 0 Å². The van der Waals surface area contributed by atoms with Crippen LogP contribution in [-0.2, 0) is 0 Å². The largest absolute Gasteiger partial charge is 0.395 e. The van der Waals surface area contributed by atoms with Gasteiger partial charge in [-0.25, -0.2) is 9.97 Å². The highest BCUT2D eigenvalue weighted by Gasteiger charge is 2.18. The third-order valence-electron chi connectivity index (χ3n) is 3.29. The van der Waals surface area contributed by atoms with Gasteiger partial charge in [0.2, 0.25) is 0 Å². The zero-order valence-corrected chi connectivity index (χ0v) is 13.8. The molecule has 0 spiro atoms. The van der Waals surface area contributed by atoms with E-state index < -0.39 is 0 Å². The minimum Gasteiger partial charge on any atom is -0.395 e. The van der Waals surface area contributed by atoms with Crippen LogP contribution in [0.1, 0.15) is 26.6 Å². The molecule has 1 aliphatic heterocycles. The van der Waals surface area contributed by atoms with E-state index in [9.17, 15) is 0 Å². The van der Waals surface area contributed by atoms with Crippen molar-refractivity contribution < 1.29 is 5.11 Å². The van der Waals surface area contributed by atoms with Gasteiger partial charge < -0.3 is 15.3 Å². The fraction of sp³-hybridized carbons (Fsp3) is 0.733. The lowest BCUT2D eigenvalue weighted by molar-refractivity contribution is 0.188. The van der Waals surface area contributed by atoms with Crippen LogP contribution in [0, 0.1) is 6.92 Å². The highest BCUT2D eigenvalue weighted by molar-refractivity contribution is 5.49. The fourth-order valence-electron chi connectivity index (χ4n) is 2.33. The topological polar surface area (TPSA) is 64.5 Å². The second-order valence-electron chi connectivity index (χ2n) is 4.74. The molecule has 6 nitrogen and oxygen atoms in total. The highest BCUT2D eigenvalue weighted by atomic mass is 16.3. The predicted octanol–water partition coefficient (Wildman–Crippen LogP) is 1.36. The highest BCUT2D eigenvalue weighted by Crippen LogP contribution is 2.17. The van der Waals surface area contributed by atoms with Crippen LogP contribution in [0.15, 0.2) is 6.07 Å². The van der Waals surface area contributed by atoms with Gasteiger partial charge in [0.05, 0.1) is 6.61 Å².